The first-order chi connectivity index (χ1) is 11.5. The molecule has 2 unspecified atom stereocenters. The zero-order valence-corrected chi connectivity index (χ0v) is 15.4. The van der Waals surface area contributed by atoms with Crippen molar-refractivity contribution in [2.45, 2.75) is 55.7 Å². The van der Waals surface area contributed by atoms with Crippen molar-refractivity contribution in [2.75, 3.05) is 11.4 Å². The van der Waals surface area contributed by atoms with Gasteiger partial charge in [0.1, 0.15) is 5.82 Å². The minimum absolute atomic E-state index is 0.153. The highest BCUT2D eigenvalue weighted by Gasteiger charge is 2.60. The molecule has 4 aliphatic carbocycles. The Bertz CT molecular complexity index is 704. The van der Waals surface area contributed by atoms with Crippen LogP contribution in [0.2, 0.25) is 0 Å². The number of nitrogens with zero attached hydrogens (tertiary/aromatic N) is 1. The molecule has 4 saturated carbocycles. The number of rotatable bonds is 1. The molecule has 2 atom stereocenters. The minimum Gasteiger partial charge on any atom is -0.309 e. The molecule has 1 heterocycles. The molecule has 5 aliphatic rings. The van der Waals surface area contributed by atoms with E-state index in [1.165, 1.54) is 25.3 Å². The second kappa shape index (κ2) is 5.06. The van der Waals surface area contributed by atoms with Crippen LogP contribution in [-0.4, -0.2) is 16.8 Å². The summed E-state index contributed by atoms with van der Waals surface area (Å²) in [5.41, 5.74) is 1.30. The van der Waals surface area contributed by atoms with Crippen molar-refractivity contribution < 1.29 is 9.18 Å². The molecule has 2 nitrogen and oxygen atoms in total. The summed E-state index contributed by atoms with van der Waals surface area (Å²) in [6.45, 7) is 0.666. The fourth-order valence-electron chi connectivity index (χ4n) is 6.49. The van der Waals surface area contributed by atoms with Gasteiger partial charge in [0.05, 0.1) is 11.1 Å². The molecular formula is C20H23BrFNO. The second-order valence-corrected chi connectivity index (χ2v) is 10.4. The van der Waals surface area contributed by atoms with E-state index in [9.17, 15) is 9.18 Å². The van der Waals surface area contributed by atoms with Crippen molar-refractivity contribution in [3.63, 3.8) is 0 Å². The quantitative estimate of drug-likeness (QED) is 0.627. The lowest BCUT2D eigenvalue weighted by atomic mass is 9.49. The molecule has 1 aromatic carbocycles. The van der Waals surface area contributed by atoms with E-state index in [1.807, 2.05) is 6.07 Å². The maximum absolute atomic E-state index is 14.5. The van der Waals surface area contributed by atoms with Crippen LogP contribution >= 0.6 is 15.9 Å². The lowest BCUT2D eigenvalue weighted by molar-refractivity contribution is -0.141. The lowest BCUT2D eigenvalue weighted by Gasteiger charge is -2.60. The van der Waals surface area contributed by atoms with Crippen molar-refractivity contribution in [1.29, 1.82) is 0 Å². The number of alkyl halides is 1. The molecule has 0 N–H and O–H groups in total. The highest BCUT2D eigenvalue weighted by molar-refractivity contribution is 9.10. The summed E-state index contributed by atoms with van der Waals surface area (Å²) in [5.74, 6) is 1.30. The molecule has 4 fully saturated rings. The lowest BCUT2D eigenvalue weighted by Crippen LogP contribution is -2.59. The Labute approximate surface area is 150 Å². The topological polar surface area (TPSA) is 20.3 Å². The summed E-state index contributed by atoms with van der Waals surface area (Å²) in [7, 11) is 0. The Morgan fingerprint density at radius 3 is 2.67 bits per heavy atom. The van der Waals surface area contributed by atoms with Gasteiger partial charge in [-0.1, -0.05) is 28.1 Å². The Morgan fingerprint density at radius 2 is 1.96 bits per heavy atom. The predicted molar refractivity (Wildman–Crippen MR) is 95.8 cm³/mol. The number of benzene rings is 1. The standard InChI is InChI=1S/C20H23BrFNO/c21-20-10-13-7-14(11-20)9-19(8-13,12-20)18(24)23-6-2-4-15-3-1-5-16(22)17(15)23/h1,3,5,13-14H,2,4,6-12H2. The summed E-state index contributed by atoms with van der Waals surface area (Å²) < 4.78 is 14.7. The van der Waals surface area contributed by atoms with E-state index in [2.05, 4.69) is 15.9 Å². The fourth-order valence-corrected chi connectivity index (χ4v) is 7.95. The van der Waals surface area contributed by atoms with Crippen LogP contribution in [0, 0.1) is 23.1 Å². The summed E-state index contributed by atoms with van der Waals surface area (Å²) >= 11 is 3.99. The van der Waals surface area contributed by atoms with E-state index < -0.39 is 0 Å². The van der Waals surface area contributed by atoms with E-state index in [0.29, 0.717) is 24.1 Å². The number of anilines is 1. The second-order valence-electron chi connectivity index (χ2n) is 8.70. The molecular weight excluding hydrogens is 369 g/mol. The van der Waals surface area contributed by atoms with Crippen LogP contribution in [0.5, 0.6) is 0 Å². The van der Waals surface area contributed by atoms with Gasteiger partial charge in [0.25, 0.3) is 0 Å². The molecule has 0 radical (unpaired) electrons. The largest absolute Gasteiger partial charge is 0.309 e. The number of carbonyl (C=O) groups is 1. The first-order valence-corrected chi connectivity index (χ1v) is 10.1. The van der Waals surface area contributed by atoms with Gasteiger partial charge >= 0.3 is 0 Å². The highest BCUT2D eigenvalue weighted by atomic mass is 79.9. The number of carbonyl (C=O) groups excluding carboxylic acids is 1. The molecule has 1 amide bonds. The number of fused-ring (bicyclic) bond motifs is 1. The van der Waals surface area contributed by atoms with E-state index in [0.717, 1.165) is 37.7 Å². The third-order valence-electron chi connectivity index (χ3n) is 6.86. The number of hydrogen-bond acceptors (Lipinski definition) is 1. The zero-order valence-electron chi connectivity index (χ0n) is 13.9. The highest BCUT2D eigenvalue weighted by Crippen LogP contribution is 2.65. The van der Waals surface area contributed by atoms with Crippen LogP contribution in [0.15, 0.2) is 18.2 Å². The Morgan fingerprint density at radius 1 is 1.21 bits per heavy atom. The Hall–Kier alpha value is -0.900. The maximum Gasteiger partial charge on any atom is 0.233 e. The van der Waals surface area contributed by atoms with Crippen molar-refractivity contribution in [1.82, 2.24) is 0 Å². The predicted octanol–water partition coefficient (Wildman–Crippen LogP) is 4.84. The molecule has 4 heteroatoms. The Balaban J connectivity index is 1.54. The van der Waals surface area contributed by atoms with Gasteiger partial charge in [-0.2, -0.15) is 0 Å². The molecule has 6 rings (SSSR count). The van der Waals surface area contributed by atoms with Crippen molar-refractivity contribution in [3.8, 4) is 0 Å². The molecule has 128 valence electrons. The van der Waals surface area contributed by atoms with Crippen molar-refractivity contribution in [2.24, 2.45) is 17.3 Å². The van der Waals surface area contributed by atoms with Gasteiger partial charge < -0.3 is 4.90 Å². The average Bonchev–Trinajstić information content (AvgIpc) is 2.51. The molecule has 1 aromatic rings. The minimum atomic E-state index is -0.259. The van der Waals surface area contributed by atoms with Crippen LogP contribution in [0.1, 0.15) is 50.5 Å². The summed E-state index contributed by atoms with van der Waals surface area (Å²) in [5, 5.41) is 0. The van der Waals surface area contributed by atoms with Crippen molar-refractivity contribution >= 4 is 27.5 Å². The fraction of sp³-hybridized carbons (Fsp3) is 0.650. The SMILES string of the molecule is O=C(N1CCCc2cccc(F)c21)C12CC3CC(CC(Br)(C3)C1)C2. The van der Waals surface area contributed by atoms with E-state index >= 15 is 0 Å². The maximum atomic E-state index is 14.5. The third kappa shape index (κ3) is 2.14. The average molecular weight is 392 g/mol. The van der Waals surface area contributed by atoms with Crippen LogP contribution in [0.3, 0.4) is 0 Å². The van der Waals surface area contributed by atoms with Gasteiger partial charge in [-0.25, -0.2) is 4.39 Å². The number of hydrogen-bond donors (Lipinski definition) is 0. The summed E-state index contributed by atoms with van der Waals surface area (Å²) in [6, 6.07) is 5.24. The van der Waals surface area contributed by atoms with Gasteiger partial charge in [-0.15, -0.1) is 0 Å². The molecule has 4 bridgehead atoms. The van der Waals surface area contributed by atoms with Crippen LogP contribution in [-0.2, 0) is 11.2 Å². The first-order valence-electron chi connectivity index (χ1n) is 9.26. The number of aryl methyl sites for hydroxylation is 1. The van der Waals surface area contributed by atoms with Crippen LogP contribution in [0.4, 0.5) is 10.1 Å². The Kier molecular flexibility index (Phi) is 3.24. The number of amides is 1. The smallest absolute Gasteiger partial charge is 0.233 e. The third-order valence-corrected chi connectivity index (χ3v) is 7.78. The number of para-hydroxylation sites is 1. The first kappa shape index (κ1) is 15.4. The summed E-state index contributed by atoms with van der Waals surface area (Å²) in [4.78, 5) is 15.5. The van der Waals surface area contributed by atoms with E-state index in [4.69, 9.17) is 0 Å². The molecule has 1 aliphatic heterocycles. The van der Waals surface area contributed by atoms with Gasteiger partial charge in [0.2, 0.25) is 5.91 Å². The van der Waals surface area contributed by atoms with Crippen LogP contribution in [0.25, 0.3) is 0 Å². The zero-order chi connectivity index (χ0) is 16.5. The monoisotopic (exact) mass is 391 g/mol. The molecule has 24 heavy (non-hydrogen) atoms. The van der Waals surface area contributed by atoms with Crippen LogP contribution < -0.4 is 4.90 Å². The summed E-state index contributed by atoms with van der Waals surface area (Å²) in [6.07, 6.45) is 8.47. The van der Waals surface area contributed by atoms with Gasteiger partial charge in [-0.3, -0.25) is 4.79 Å². The molecule has 0 saturated heterocycles. The van der Waals surface area contributed by atoms with Gasteiger partial charge in [0.15, 0.2) is 0 Å². The van der Waals surface area contributed by atoms with Crippen molar-refractivity contribution in [3.05, 3.63) is 29.6 Å². The van der Waals surface area contributed by atoms with Gasteiger partial charge in [-0.05, 0) is 74.8 Å². The van der Waals surface area contributed by atoms with E-state index in [-0.39, 0.29) is 21.5 Å². The van der Waals surface area contributed by atoms with E-state index in [1.54, 1.807) is 11.0 Å². The molecule has 0 spiro atoms. The van der Waals surface area contributed by atoms with Gasteiger partial charge in [0, 0.05) is 10.9 Å². The molecule has 0 aromatic heterocycles. The normalized spacial score (nSPS) is 39.8. The number of halogens is 2.